The van der Waals surface area contributed by atoms with E-state index < -0.39 is 16.1 Å². The molecule has 0 bridgehead atoms. The number of aryl methyl sites for hydroxylation is 1. The Kier molecular flexibility index (Phi) is 5.94. The quantitative estimate of drug-likeness (QED) is 0.657. The van der Waals surface area contributed by atoms with Crippen molar-refractivity contribution in [2.75, 3.05) is 6.61 Å². The lowest BCUT2D eigenvalue weighted by molar-refractivity contribution is 0.340. The van der Waals surface area contributed by atoms with E-state index in [1.54, 1.807) is 24.3 Å². The Labute approximate surface area is 160 Å². The van der Waals surface area contributed by atoms with Gasteiger partial charge in [0.1, 0.15) is 5.75 Å². The molecule has 140 valence electrons. The molecule has 27 heavy (non-hydrogen) atoms. The van der Waals surface area contributed by atoms with Crippen molar-refractivity contribution >= 4 is 10.0 Å². The van der Waals surface area contributed by atoms with Gasteiger partial charge in [-0.25, -0.2) is 8.42 Å². The van der Waals surface area contributed by atoms with Gasteiger partial charge in [-0.1, -0.05) is 60.2 Å². The summed E-state index contributed by atoms with van der Waals surface area (Å²) >= 11 is 0. The van der Waals surface area contributed by atoms with E-state index in [0.717, 1.165) is 16.7 Å². The van der Waals surface area contributed by atoms with Gasteiger partial charge >= 0.3 is 0 Å². The molecule has 5 heteroatoms. The molecule has 4 nitrogen and oxygen atoms in total. The lowest BCUT2D eigenvalue weighted by Crippen LogP contribution is -2.29. The molecule has 0 heterocycles. The molecule has 1 N–H and O–H groups in total. The van der Waals surface area contributed by atoms with Crippen LogP contribution < -0.4 is 9.46 Å². The van der Waals surface area contributed by atoms with Crippen molar-refractivity contribution in [2.24, 2.45) is 0 Å². The van der Waals surface area contributed by atoms with Crippen molar-refractivity contribution in [3.05, 3.63) is 95.6 Å². The first kappa shape index (κ1) is 19.1. The highest BCUT2D eigenvalue weighted by molar-refractivity contribution is 7.89. The molecule has 0 aliphatic rings. The molecule has 3 rings (SSSR count). The molecule has 3 aromatic rings. The Balaban J connectivity index is 1.94. The summed E-state index contributed by atoms with van der Waals surface area (Å²) in [5.41, 5.74) is 2.90. The first-order valence-electron chi connectivity index (χ1n) is 8.86. The third-order valence-electron chi connectivity index (χ3n) is 4.26. The van der Waals surface area contributed by atoms with Crippen LogP contribution in [0.3, 0.4) is 0 Å². The van der Waals surface area contributed by atoms with E-state index in [0.29, 0.717) is 12.4 Å². The van der Waals surface area contributed by atoms with Crippen LogP contribution in [0.25, 0.3) is 0 Å². The monoisotopic (exact) mass is 381 g/mol. The van der Waals surface area contributed by atoms with Crippen LogP contribution in [0.4, 0.5) is 0 Å². The van der Waals surface area contributed by atoms with Crippen molar-refractivity contribution in [1.82, 2.24) is 4.72 Å². The first-order valence-corrected chi connectivity index (χ1v) is 10.3. The van der Waals surface area contributed by atoms with Crippen molar-refractivity contribution in [3.8, 4) is 5.75 Å². The molecule has 0 aromatic heterocycles. The summed E-state index contributed by atoms with van der Waals surface area (Å²) in [6.07, 6.45) is 0. The summed E-state index contributed by atoms with van der Waals surface area (Å²) in [5.74, 6) is 0.648. The lowest BCUT2D eigenvalue weighted by atomic mass is 9.99. The number of sulfonamides is 1. The van der Waals surface area contributed by atoms with E-state index in [4.69, 9.17) is 4.74 Å². The molecule has 0 spiro atoms. The topological polar surface area (TPSA) is 55.4 Å². The third kappa shape index (κ3) is 4.76. The van der Waals surface area contributed by atoms with Gasteiger partial charge in [-0.3, -0.25) is 0 Å². The van der Waals surface area contributed by atoms with Gasteiger partial charge in [0.15, 0.2) is 0 Å². The fraction of sp³-hybridized carbons (Fsp3) is 0.182. The summed E-state index contributed by atoms with van der Waals surface area (Å²) < 4.78 is 34.2. The average molecular weight is 381 g/mol. The minimum Gasteiger partial charge on any atom is -0.494 e. The van der Waals surface area contributed by atoms with Crippen LogP contribution in [-0.4, -0.2) is 15.0 Å². The first-order chi connectivity index (χ1) is 13.0. The Bertz CT molecular complexity index is 966. The van der Waals surface area contributed by atoms with Gasteiger partial charge < -0.3 is 4.74 Å². The van der Waals surface area contributed by atoms with Gasteiger partial charge in [-0.15, -0.1) is 0 Å². The second-order valence-corrected chi connectivity index (χ2v) is 7.99. The van der Waals surface area contributed by atoms with Gasteiger partial charge in [0.25, 0.3) is 0 Å². The molecular formula is C22H23NO3S. The van der Waals surface area contributed by atoms with E-state index >= 15 is 0 Å². The van der Waals surface area contributed by atoms with E-state index in [2.05, 4.69) is 4.72 Å². The molecule has 0 aliphatic carbocycles. The second kappa shape index (κ2) is 8.37. The average Bonchev–Trinajstić information content (AvgIpc) is 2.68. The molecule has 3 aromatic carbocycles. The highest BCUT2D eigenvalue weighted by Gasteiger charge is 2.23. The SMILES string of the molecule is CCOc1ccc(S(=O)(=O)N[C@H](c2ccccc2)c2ccc(C)cc2)cc1. The molecular weight excluding hydrogens is 358 g/mol. The summed E-state index contributed by atoms with van der Waals surface area (Å²) in [5, 5.41) is 0. The summed E-state index contributed by atoms with van der Waals surface area (Å²) in [7, 11) is -3.70. The standard InChI is InChI=1S/C22H23NO3S/c1-3-26-20-13-15-21(16-14-20)27(24,25)23-22(18-7-5-4-6-8-18)19-11-9-17(2)10-12-19/h4-16,22-23H,3H2,1-2H3/t22-/m1/s1. The van der Waals surface area contributed by atoms with Gasteiger partial charge in [-0.05, 0) is 49.2 Å². The second-order valence-electron chi connectivity index (χ2n) is 6.28. The Hall–Kier alpha value is -2.63. The predicted octanol–water partition coefficient (Wildman–Crippen LogP) is 4.46. The lowest BCUT2D eigenvalue weighted by Gasteiger charge is -2.20. The highest BCUT2D eigenvalue weighted by atomic mass is 32.2. The maximum absolute atomic E-state index is 13.0. The predicted molar refractivity (Wildman–Crippen MR) is 107 cm³/mol. The molecule has 1 atom stereocenters. The maximum Gasteiger partial charge on any atom is 0.241 e. The minimum absolute atomic E-state index is 0.207. The summed E-state index contributed by atoms with van der Waals surface area (Å²) in [6.45, 7) is 4.43. The van der Waals surface area contributed by atoms with Crippen molar-refractivity contribution in [1.29, 1.82) is 0 Å². The van der Waals surface area contributed by atoms with Crippen LogP contribution in [0.2, 0.25) is 0 Å². The van der Waals surface area contributed by atoms with Crippen LogP contribution in [0.15, 0.2) is 83.8 Å². The smallest absolute Gasteiger partial charge is 0.241 e. The molecule has 0 amide bonds. The summed E-state index contributed by atoms with van der Waals surface area (Å²) in [4.78, 5) is 0.207. The van der Waals surface area contributed by atoms with E-state index in [-0.39, 0.29) is 4.90 Å². The highest BCUT2D eigenvalue weighted by Crippen LogP contribution is 2.25. The number of ether oxygens (including phenoxy) is 1. The normalized spacial score (nSPS) is 12.5. The molecule has 0 unspecified atom stereocenters. The number of benzene rings is 3. The zero-order valence-corrected chi connectivity index (χ0v) is 16.2. The van der Waals surface area contributed by atoms with E-state index in [1.807, 2.05) is 68.4 Å². The molecule has 0 saturated carbocycles. The third-order valence-corrected chi connectivity index (χ3v) is 5.70. The van der Waals surface area contributed by atoms with Crippen molar-refractivity contribution in [2.45, 2.75) is 24.8 Å². The Morgan fingerprint density at radius 1 is 0.852 bits per heavy atom. The Morgan fingerprint density at radius 3 is 2.04 bits per heavy atom. The fourth-order valence-corrected chi connectivity index (χ4v) is 4.05. The number of hydrogen-bond donors (Lipinski definition) is 1. The molecule has 0 saturated heterocycles. The number of hydrogen-bond acceptors (Lipinski definition) is 3. The number of rotatable bonds is 7. The largest absolute Gasteiger partial charge is 0.494 e. The van der Waals surface area contributed by atoms with Crippen LogP contribution in [0.5, 0.6) is 5.75 Å². The zero-order valence-electron chi connectivity index (χ0n) is 15.4. The summed E-state index contributed by atoms with van der Waals surface area (Å²) in [6, 6.07) is 23.4. The maximum atomic E-state index is 13.0. The molecule has 0 aliphatic heterocycles. The molecule has 0 fully saturated rings. The van der Waals surface area contributed by atoms with Crippen molar-refractivity contribution in [3.63, 3.8) is 0 Å². The van der Waals surface area contributed by atoms with E-state index in [1.165, 1.54) is 0 Å². The van der Waals surface area contributed by atoms with Crippen molar-refractivity contribution < 1.29 is 13.2 Å². The van der Waals surface area contributed by atoms with Crippen LogP contribution in [0, 0.1) is 6.92 Å². The fourth-order valence-electron chi connectivity index (χ4n) is 2.84. The van der Waals surface area contributed by atoms with Crippen LogP contribution >= 0.6 is 0 Å². The minimum atomic E-state index is -3.70. The van der Waals surface area contributed by atoms with Gasteiger partial charge in [0.05, 0.1) is 17.5 Å². The van der Waals surface area contributed by atoms with Gasteiger partial charge in [0.2, 0.25) is 10.0 Å². The zero-order chi connectivity index (χ0) is 19.3. The molecule has 0 radical (unpaired) electrons. The van der Waals surface area contributed by atoms with E-state index in [9.17, 15) is 8.42 Å². The number of nitrogens with one attached hydrogen (secondary N) is 1. The van der Waals surface area contributed by atoms with Gasteiger partial charge in [0, 0.05) is 0 Å². The van der Waals surface area contributed by atoms with Gasteiger partial charge in [-0.2, -0.15) is 4.72 Å². The van der Waals surface area contributed by atoms with Crippen LogP contribution in [-0.2, 0) is 10.0 Å². The Morgan fingerprint density at radius 2 is 1.44 bits per heavy atom. The van der Waals surface area contributed by atoms with Crippen LogP contribution in [0.1, 0.15) is 29.7 Å².